The van der Waals surface area contributed by atoms with Crippen LogP contribution in [0, 0.1) is 11.3 Å². The van der Waals surface area contributed by atoms with E-state index in [9.17, 15) is 18.0 Å². The smallest absolute Gasteiger partial charge is 0.407 e. The van der Waals surface area contributed by atoms with Crippen LogP contribution in [0.5, 0.6) is 5.75 Å². The van der Waals surface area contributed by atoms with Gasteiger partial charge in [0.1, 0.15) is 11.8 Å². The minimum Gasteiger partial charge on any atom is -0.490 e. The average Bonchev–Trinajstić information content (AvgIpc) is 2.75. The Morgan fingerprint density at radius 1 is 1.03 bits per heavy atom. The highest BCUT2D eigenvalue weighted by atomic mass is 19.4. The van der Waals surface area contributed by atoms with Crippen molar-refractivity contribution < 1.29 is 27.4 Å². The van der Waals surface area contributed by atoms with E-state index in [-0.39, 0.29) is 24.6 Å². The van der Waals surface area contributed by atoms with Crippen molar-refractivity contribution in [2.24, 2.45) is 11.3 Å². The van der Waals surface area contributed by atoms with E-state index >= 15 is 0 Å². The van der Waals surface area contributed by atoms with E-state index in [1.54, 1.807) is 12.1 Å². The van der Waals surface area contributed by atoms with Gasteiger partial charge < -0.3 is 14.8 Å². The van der Waals surface area contributed by atoms with Crippen LogP contribution in [0.2, 0.25) is 0 Å². The normalized spacial score (nSPS) is 20.5. The fraction of sp³-hybridized carbons (Fsp3) is 0.577. The van der Waals surface area contributed by atoms with E-state index in [2.05, 4.69) is 30.8 Å². The predicted molar refractivity (Wildman–Crippen MR) is 123 cm³/mol. The van der Waals surface area contributed by atoms with Crippen LogP contribution in [-0.2, 0) is 9.53 Å². The van der Waals surface area contributed by atoms with Crippen molar-refractivity contribution >= 4 is 16.7 Å². The maximum Gasteiger partial charge on any atom is 0.407 e. The number of methoxy groups -OCH3 is 1. The molecule has 1 fully saturated rings. The molecule has 1 N–H and O–H groups in total. The molecule has 33 heavy (non-hydrogen) atoms. The number of esters is 1. The van der Waals surface area contributed by atoms with Crippen LogP contribution in [-0.4, -0.2) is 31.9 Å². The third-order valence-corrected chi connectivity index (χ3v) is 6.60. The Bertz CT molecular complexity index is 944. The molecule has 7 heteroatoms. The molecule has 0 heterocycles. The molecule has 1 aliphatic carbocycles. The molecule has 0 aliphatic heterocycles. The summed E-state index contributed by atoms with van der Waals surface area (Å²) in [5.74, 6) is 0.898. The van der Waals surface area contributed by atoms with Gasteiger partial charge in [0.05, 0.1) is 19.6 Å². The summed E-state index contributed by atoms with van der Waals surface area (Å²) in [5.41, 5.74) is 0.419. The number of alkyl halides is 3. The number of nitrogens with one attached hydrogen (secondary N) is 1. The molecule has 2 aromatic carbocycles. The minimum absolute atomic E-state index is 0.106. The van der Waals surface area contributed by atoms with Crippen molar-refractivity contribution in [3.05, 3.63) is 42.0 Å². The van der Waals surface area contributed by atoms with Gasteiger partial charge in [0, 0.05) is 6.54 Å². The van der Waals surface area contributed by atoms with Crippen molar-refractivity contribution in [1.29, 1.82) is 0 Å². The zero-order chi connectivity index (χ0) is 24.2. The van der Waals surface area contributed by atoms with Gasteiger partial charge in [0.25, 0.3) is 0 Å². The number of halogens is 3. The fourth-order valence-electron chi connectivity index (χ4n) is 4.58. The summed E-state index contributed by atoms with van der Waals surface area (Å²) in [4.78, 5) is 11.2. The predicted octanol–water partition coefficient (Wildman–Crippen LogP) is 6.58. The summed E-state index contributed by atoms with van der Waals surface area (Å²) in [6.07, 6.45) is -0.116. The van der Waals surface area contributed by atoms with Crippen LogP contribution in [0.4, 0.5) is 13.2 Å². The van der Waals surface area contributed by atoms with Gasteiger partial charge >= 0.3 is 12.1 Å². The van der Waals surface area contributed by atoms with Crippen LogP contribution in [0.15, 0.2) is 36.4 Å². The Morgan fingerprint density at radius 2 is 1.67 bits per heavy atom. The van der Waals surface area contributed by atoms with Gasteiger partial charge in [-0.15, -0.1) is 0 Å². The van der Waals surface area contributed by atoms with Crippen molar-refractivity contribution in [2.75, 3.05) is 13.7 Å². The van der Waals surface area contributed by atoms with Gasteiger partial charge in [-0.1, -0.05) is 39.0 Å². The second kappa shape index (κ2) is 10.3. The van der Waals surface area contributed by atoms with Gasteiger partial charge in [0.15, 0.2) is 0 Å². The standard InChI is InChI=1S/C26H34F3NO3/c1-25(2,3)20-8-11-21(12-9-20)33-22-10-7-17-15-19(6-5-18(17)16-22)24(26(27,28)29)30-14-13-23(31)32-4/h5-7,10,15-16,20-21,24,30H,8-9,11-14H2,1-4H3. The topological polar surface area (TPSA) is 47.6 Å². The van der Waals surface area contributed by atoms with Gasteiger partial charge in [-0.2, -0.15) is 13.2 Å². The van der Waals surface area contributed by atoms with Crippen molar-refractivity contribution in [3.8, 4) is 5.75 Å². The van der Waals surface area contributed by atoms with E-state index in [0.29, 0.717) is 16.7 Å². The SMILES string of the molecule is COC(=O)CCNC(c1ccc2cc(OC3CCC(C(C)(C)C)CC3)ccc2c1)C(F)(F)F. The molecule has 1 atom stereocenters. The molecule has 182 valence electrons. The first-order valence-corrected chi connectivity index (χ1v) is 11.5. The van der Waals surface area contributed by atoms with Gasteiger partial charge in [-0.3, -0.25) is 4.79 Å². The Hall–Kier alpha value is -2.28. The average molecular weight is 466 g/mol. The highest BCUT2D eigenvalue weighted by Crippen LogP contribution is 2.39. The monoisotopic (exact) mass is 465 g/mol. The van der Waals surface area contributed by atoms with Crippen molar-refractivity contribution in [1.82, 2.24) is 5.32 Å². The summed E-state index contributed by atoms with van der Waals surface area (Å²) in [6, 6.07) is 8.37. The molecule has 1 aliphatic rings. The fourth-order valence-corrected chi connectivity index (χ4v) is 4.58. The summed E-state index contributed by atoms with van der Waals surface area (Å²) >= 11 is 0. The van der Waals surface area contributed by atoms with E-state index in [1.807, 2.05) is 12.1 Å². The lowest BCUT2D eigenvalue weighted by Gasteiger charge is -2.37. The lowest BCUT2D eigenvalue weighted by Crippen LogP contribution is -2.35. The summed E-state index contributed by atoms with van der Waals surface area (Å²) in [6.45, 7) is 6.73. The maximum atomic E-state index is 13.6. The summed E-state index contributed by atoms with van der Waals surface area (Å²) in [5, 5.41) is 3.97. The van der Waals surface area contributed by atoms with E-state index < -0.39 is 18.2 Å². The summed E-state index contributed by atoms with van der Waals surface area (Å²) in [7, 11) is 1.21. The van der Waals surface area contributed by atoms with Crippen LogP contribution in [0.1, 0.15) is 64.5 Å². The molecule has 4 nitrogen and oxygen atoms in total. The summed E-state index contributed by atoms with van der Waals surface area (Å²) < 4.78 is 51.6. The Labute approximate surface area is 193 Å². The lowest BCUT2D eigenvalue weighted by molar-refractivity contribution is -0.158. The van der Waals surface area contributed by atoms with Gasteiger partial charge in [-0.25, -0.2) is 0 Å². The lowest BCUT2D eigenvalue weighted by atomic mass is 9.72. The number of ether oxygens (including phenoxy) is 2. The second-order valence-electron chi connectivity index (χ2n) is 9.98. The molecule has 3 rings (SSSR count). The third-order valence-electron chi connectivity index (χ3n) is 6.60. The largest absolute Gasteiger partial charge is 0.490 e. The zero-order valence-electron chi connectivity index (χ0n) is 19.8. The Morgan fingerprint density at radius 3 is 2.27 bits per heavy atom. The van der Waals surface area contributed by atoms with Gasteiger partial charge in [-0.05, 0) is 71.6 Å². The first-order chi connectivity index (χ1) is 15.5. The highest BCUT2D eigenvalue weighted by Gasteiger charge is 2.40. The second-order valence-corrected chi connectivity index (χ2v) is 9.98. The Balaban J connectivity index is 1.68. The van der Waals surface area contributed by atoms with Gasteiger partial charge in [0.2, 0.25) is 0 Å². The molecule has 1 saturated carbocycles. The number of benzene rings is 2. The first kappa shape index (κ1) is 25.3. The number of hydrogen-bond acceptors (Lipinski definition) is 4. The van der Waals surface area contributed by atoms with Crippen molar-refractivity contribution in [3.63, 3.8) is 0 Å². The maximum absolute atomic E-state index is 13.6. The molecule has 0 bridgehead atoms. The Kier molecular flexibility index (Phi) is 7.93. The molecule has 2 aromatic rings. The van der Waals surface area contributed by atoms with Crippen LogP contribution >= 0.6 is 0 Å². The molecule has 0 aromatic heterocycles. The van der Waals surface area contributed by atoms with E-state index in [0.717, 1.165) is 36.8 Å². The van der Waals surface area contributed by atoms with Crippen molar-refractivity contribution in [2.45, 2.75) is 71.2 Å². The molecular formula is C26H34F3NO3. The molecule has 0 radical (unpaired) electrons. The van der Waals surface area contributed by atoms with Crippen LogP contribution in [0.25, 0.3) is 10.8 Å². The van der Waals surface area contributed by atoms with Crippen LogP contribution in [0.3, 0.4) is 0 Å². The molecule has 0 spiro atoms. The number of fused-ring (bicyclic) bond motifs is 1. The first-order valence-electron chi connectivity index (χ1n) is 11.5. The molecular weight excluding hydrogens is 431 g/mol. The number of carbonyl (C=O) groups excluding carboxylic acids is 1. The molecule has 0 saturated heterocycles. The molecule has 0 amide bonds. The number of rotatable bonds is 7. The molecule has 1 unspecified atom stereocenters. The highest BCUT2D eigenvalue weighted by molar-refractivity contribution is 5.84. The van der Waals surface area contributed by atoms with Crippen LogP contribution < -0.4 is 10.1 Å². The number of hydrogen-bond donors (Lipinski definition) is 1. The quantitative estimate of drug-likeness (QED) is 0.469. The number of carbonyl (C=O) groups is 1. The third kappa shape index (κ3) is 6.85. The van der Waals surface area contributed by atoms with E-state index in [4.69, 9.17) is 4.74 Å². The minimum atomic E-state index is -4.49. The van der Waals surface area contributed by atoms with E-state index in [1.165, 1.54) is 19.2 Å². The zero-order valence-corrected chi connectivity index (χ0v) is 19.8.